The molecule has 3 nitrogen and oxygen atoms in total. The molecule has 0 radical (unpaired) electrons. The minimum absolute atomic E-state index is 0.0759. The zero-order chi connectivity index (χ0) is 10.6. The van der Waals surface area contributed by atoms with Crippen molar-refractivity contribution in [1.82, 2.24) is 0 Å². The Morgan fingerprint density at radius 2 is 2.07 bits per heavy atom. The van der Waals surface area contributed by atoms with Gasteiger partial charge in [0.15, 0.2) is 0 Å². The van der Waals surface area contributed by atoms with Gasteiger partial charge in [-0.3, -0.25) is 0 Å². The Bertz CT molecular complexity index is 423. The first kappa shape index (κ1) is 9.83. The summed E-state index contributed by atoms with van der Waals surface area (Å²) in [7, 11) is 0. The Morgan fingerprint density at radius 1 is 1.43 bits per heavy atom. The molecule has 1 aliphatic heterocycles. The SMILES string of the molecule is C=CC1=CC(=C(C#N)C#N)C=C(C)O1. The molecule has 14 heavy (non-hydrogen) atoms. The summed E-state index contributed by atoms with van der Waals surface area (Å²) in [5.74, 6) is 1.18. The molecule has 0 aromatic rings. The quantitative estimate of drug-likeness (QED) is 0.587. The number of hydrogen-bond donors (Lipinski definition) is 0. The van der Waals surface area contributed by atoms with E-state index in [1.54, 1.807) is 19.1 Å². The van der Waals surface area contributed by atoms with Crippen LogP contribution in [0.2, 0.25) is 0 Å². The van der Waals surface area contributed by atoms with E-state index in [4.69, 9.17) is 15.3 Å². The monoisotopic (exact) mass is 184 g/mol. The number of nitrogens with zero attached hydrogens (tertiary/aromatic N) is 2. The first-order valence-corrected chi connectivity index (χ1v) is 3.96. The highest BCUT2D eigenvalue weighted by Crippen LogP contribution is 2.21. The molecule has 1 heterocycles. The standard InChI is InChI=1S/C11H8N2O/c1-3-11-5-9(4-8(2)14-11)10(6-12)7-13/h3-5H,1H2,2H3. The highest BCUT2D eigenvalue weighted by Gasteiger charge is 2.09. The third-order valence-electron chi connectivity index (χ3n) is 1.65. The van der Waals surface area contributed by atoms with Crippen molar-refractivity contribution in [2.75, 3.05) is 0 Å². The van der Waals surface area contributed by atoms with Crippen molar-refractivity contribution in [2.45, 2.75) is 6.92 Å². The van der Waals surface area contributed by atoms with E-state index < -0.39 is 0 Å². The average Bonchev–Trinajstić information content (AvgIpc) is 2.19. The van der Waals surface area contributed by atoms with Crippen molar-refractivity contribution in [3.63, 3.8) is 0 Å². The number of allylic oxidation sites excluding steroid dienone is 6. The van der Waals surface area contributed by atoms with Crippen LogP contribution in [0.1, 0.15) is 6.92 Å². The molecule has 0 unspecified atom stereocenters. The Morgan fingerprint density at radius 3 is 2.57 bits per heavy atom. The van der Waals surface area contributed by atoms with Gasteiger partial charge in [0.25, 0.3) is 0 Å². The molecule has 0 fully saturated rings. The van der Waals surface area contributed by atoms with Gasteiger partial charge < -0.3 is 4.74 Å². The minimum Gasteiger partial charge on any atom is -0.462 e. The summed E-state index contributed by atoms with van der Waals surface area (Å²) in [5.41, 5.74) is 0.639. The molecule has 68 valence electrons. The summed E-state index contributed by atoms with van der Waals surface area (Å²) in [5, 5.41) is 17.3. The minimum atomic E-state index is 0.0759. The maximum Gasteiger partial charge on any atom is 0.137 e. The van der Waals surface area contributed by atoms with E-state index in [-0.39, 0.29) is 5.57 Å². The van der Waals surface area contributed by atoms with Gasteiger partial charge in [0.1, 0.15) is 29.2 Å². The van der Waals surface area contributed by atoms with Crippen molar-refractivity contribution in [2.24, 2.45) is 0 Å². The molecular weight excluding hydrogens is 176 g/mol. The summed E-state index contributed by atoms with van der Waals surface area (Å²) >= 11 is 0. The molecule has 0 saturated carbocycles. The van der Waals surface area contributed by atoms with Crippen molar-refractivity contribution in [3.05, 3.63) is 47.5 Å². The van der Waals surface area contributed by atoms with Crippen LogP contribution >= 0.6 is 0 Å². The van der Waals surface area contributed by atoms with Crippen LogP contribution in [-0.4, -0.2) is 0 Å². The Hall–Kier alpha value is -2.26. The summed E-state index contributed by atoms with van der Waals surface area (Å²) in [6.45, 7) is 5.31. The average molecular weight is 184 g/mol. The lowest BCUT2D eigenvalue weighted by Gasteiger charge is -2.12. The third kappa shape index (κ3) is 1.91. The van der Waals surface area contributed by atoms with Crippen LogP contribution in [-0.2, 0) is 4.74 Å². The van der Waals surface area contributed by atoms with E-state index >= 15 is 0 Å². The van der Waals surface area contributed by atoms with E-state index in [0.29, 0.717) is 17.1 Å². The molecule has 0 saturated heterocycles. The molecule has 0 amide bonds. The first-order chi connectivity index (χ1) is 6.71. The first-order valence-electron chi connectivity index (χ1n) is 3.96. The largest absolute Gasteiger partial charge is 0.462 e. The van der Waals surface area contributed by atoms with Gasteiger partial charge in [-0.1, -0.05) is 6.58 Å². The molecule has 0 aromatic carbocycles. The van der Waals surface area contributed by atoms with Crippen LogP contribution in [0.25, 0.3) is 0 Å². The maximum absolute atomic E-state index is 8.67. The van der Waals surface area contributed by atoms with E-state index in [1.807, 2.05) is 12.1 Å². The van der Waals surface area contributed by atoms with Crippen molar-refractivity contribution >= 4 is 0 Å². The van der Waals surface area contributed by atoms with Crippen LogP contribution in [0.15, 0.2) is 47.5 Å². The van der Waals surface area contributed by atoms with Crippen molar-refractivity contribution in [1.29, 1.82) is 10.5 Å². The number of ether oxygens (including phenoxy) is 1. The van der Waals surface area contributed by atoms with E-state index in [2.05, 4.69) is 6.58 Å². The fourth-order valence-corrected chi connectivity index (χ4v) is 1.06. The van der Waals surface area contributed by atoms with Gasteiger partial charge in [0.05, 0.1) is 0 Å². The van der Waals surface area contributed by atoms with E-state index in [9.17, 15) is 0 Å². The molecule has 1 rings (SSSR count). The van der Waals surface area contributed by atoms with Gasteiger partial charge in [-0.2, -0.15) is 10.5 Å². The molecule has 3 heteroatoms. The predicted octanol–water partition coefficient (Wildman–Crippen LogP) is 2.33. The molecule has 0 aliphatic carbocycles. The Balaban J connectivity index is 3.25. The lowest BCUT2D eigenvalue weighted by molar-refractivity contribution is 0.318. The fraction of sp³-hybridized carbons (Fsp3) is 0.0909. The van der Waals surface area contributed by atoms with Crippen LogP contribution in [0.4, 0.5) is 0 Å². The van der Waals surface area contributed by atoms with Gasteiger partial charge in [0, 0.05) is 5.57 Å². The van der Waals surface area contributed by atoms with Crippen LogP contribution < -0.4 is 0 Å². The molecule has 0 atom stereocenters. The maximum atomic E-state index is 8.67. The highest BCUT2D eigenvalue weighted by molar-refractivity contribution is 5.52. The fourth-order valence-electron chi connectivity index (χ4n) is 1.06. The number of nitriles is 2. The molecule has 0 bridgehead atoms. The molecule has 0 spiro atoms. The van der Waals surface area contributed by atoms with Crippen LogP contribution in [0, 0.1) is 22.7 Å². The number of rotatable bonds is 1. The van der Waals surface area contributed by atoms with Gasteiger partial charge in [0.2, 0.25) is 0 Å². The topological polar surface area (TPSA) is 56.8 Å². The second kappa shape index (κ2) is 4.11. The zero-order valence-electron chi connectivity index (χ0n) is 7.74. The summed E-state index contributed by atoms with van der Waals surface area (Å²) in [6.07, 6.45) is 4.79. The van der Waals surface area contributed by atoms with Gasteiger partial charge >= 0.3 is 0 Å². The molecule has 0 aromatic heterocycles. The van der Waals surface area contributed by atoms with Crippen molar-refractivity contribution in [3.8, 4) is 12.1 Å². The lowest BCUT2D eigenvalue weighted by atomic mass is 10.1. The normalized spacial score (nSPS) is 14.1. The van der Waals surface area contributed by atoms with Gasteiger partial charge in [-0.25, -0.2) is 0 Å². The van der Waals surface area contributed by atoms with Crippen LogP contribution in [0.3, 0.4) is 0 Å². The molecule has 0 N–H and O–H groups in total. The van der Waals surface area contributed by atoms with E-state index in [0.717, 1.165) is 0 Å². The van der Waals surface area contributed by atoms with E-state index in [1.165, 1.54) is 6.08 Å². The van der Waals surface area contributed by atoms with Gasteiger partial charge in [-0.15, -0.1) is 0 Å². The molecule has 1 aliphatic rings. The molecular formula is C11H8N2O. The predicted molar refractivity (Wildman–Crippen MR) is 51.4 cm³/mol. The highest BCUT2D eigenvalue weighted by atomic mass is 16.5. The lowest BCUT2D eigenvalue weighted by Crippen LogP contribution is -1.96. The van der Waals surface area contributed by atoms with Crippen molar-refractivity contribution < 1.29 is 4.74 Å². The van der Waals surface area contributed by atoms with Crippen LogP contribution in [0.5, 0.6) is 0 Å². The summed E-state index contributed by atoms with van der Waals surface area (Å²) in [6, 6.07) is 3.65. The Kier molecular flexibility index (Phi) is 2.89. The smallest absolute Gasteiger partial charge is 0.137 e. The second-order valence-electron chi connectivity index (χ2n) is 2.66. The summed E-state index contributed by atoms with van der Waals surface area (Å²) < 4.78 is 5.26. The second-order valence-corrected chi connectivity index (χ2v) is 2.66. The third-order valence-corrected chi connectivity index (χ3v) is 1.65. The van der Waals surface area contributed by atoms with Gasteiger partial charge in [-0.05, 0) is 25.2 Å². The zero-order valence-corrected chi connectivity index (χ0v) is 7.74. The number of hydrogen-bond acceptors (Lipinski definition) is 3. The summed E-state index contributed by atoms with van der Waals surface area (Å²) in [4.78, 5) is 0. The Labute approximate surface area is 82.5 Å².